The molecule has 0 unspecified atom stereocenters. The highest BCUT2D eigenvalue weighted by atomic mass is 32.1. The van der Waals surface area contributed by atoms with Gasteiger partial charge in [0.2, 0.25) is 0 Å². The molecule has 0 amide bonds. The molecule has 1 fully saturated rings. The van der Waals surface area contributed by atoms with E-state index in [1.54, 1.807) is 7.11 Å². The number of nitrogens with one attached hydrogen (secondary N) is 2. The van der Waals surface area contributed by atoms with Crippen molar-refractivity contribution in [1.29, 1.82) is 0 Å². The molecule has 0 radical (unpaired) electrons. The van der Waals surface area contributed by atoms with E-state index in [4.69, 9.17) is 17.0 Å². The van der Waals surface area contributed by atoms with E-state index in [2.05, 4.69) is 40.1 Å². The third-order valence-electron chi connectivity index (χ3n) is 4.95. The maximum absolute atomic E-state index is 5.76. The highest BCUT2D eigenvalue weighted by Crippen LogP contribution is 2.45. The van der Waals surface area contributed by atoms with Crippen molar-refractivity contribution in [3.8, 4) is 5.75 Å². The largest absolute Gasteiger partial charge is 0.495 e. The molecule has 0 saturated carbocycles. The Morgan fingerprint density at radius 2 is 1.89 bits per heavy atom. The number of hydrogen-bond acceptors (Lipinski definition) is 3. The Hall–Kier alpha value is -2.86. The highest BCUT2D eigenvalue weighted by Gasteiger charge is 2.42. The number of para-hydroxylation sites is 2. The second-order valence-electron chi connectivity index (χ2n) is 6.70. The van der Waals surface area contributed by atoms with Crippen LogP contribution >= 0.6 is 12.2 Å². The number of hydrogen-bond donors (Lipinski definition) is 2. The number of anilines is 1. The van der Waals surface area contributed by atoms with E-state index >= 15 is 0 Å². The molecule has 6 heteroatoms. The summed E-state index contributed by atoms with van der Waals surface area (Å²) in [4.78, 5) is 10.2. The van der Waals surface area contributed by atoms with Crippen LogP contribution in [-0.2, 0) is 0 Å². The van der Waals surface area contributed by atoms with Crippen LogP contribution in [0.3, 0.4) is 0 Å². The molecule has 2 aromatic heterocycles. The zero-order valence-corrected chi connectivity index (χ0v) is 16.4. The molecule has 27 heavy (non-hydrogen) atoms. The van der Waals surface area contributed by atoms with Gasteiger partial charge in [0, 0.05) is 17.6 Å². The first-order valence-corrected chi connectivity index (χ1v) is 9.30. The lowest BCUT2D eigenvalue weighted by molar-refractivity contribution is 0.414. The molecule has 138 valence electrons. The molecule has 5 nitrogen and oxygen atoms in total. The number of thiocarbonyl (C=S) groups is 1. The molecule has 2 N–H and O–H groups in total. The number of ether oxygens (including phenoxy) is 1. The fourth-order valence-electron chi connectivity index (χ4n) is 3.81. The fraction of sp³-hybridized carbons (Fsp3) is 0.238. The molecule has 3 aromatic rings. The van der Waals surface area contributed by atoms with Gasteiger partial charge in [-0.15, -0.1) is 0 Å². The molecular formula is C21H22N4OS. The molecule has 4 rings (SSSR count). The normalized spacial score (nSPS) is 19.2. The SMILES string of the molecule is COc1ccccc1N1C(=S)N[C@H](c2ccccn2)[C@H]1c1cc(C)[nH]c1C. The van der Waals surface area contributed by atoms with E-state index in [0.717, 1.165) is 28.5 Å². The predicted octanol–water partition coefficient (Wildman–Crippen LogP) is 4.21. The van der Waals surface area contributed by atoms with Gasteiger partial charge in [0.05, 0.1) is 30.6 Å². The third kappa shape index (κ3) is 3.06. The number of aryl methyl sites for hydroxylation is 2. The van der Waals surface area contributed by atoms with Gasteiger partial charge < -0.3 is 19.9 Å². The summed E-state index contributed by atoms with van der Waals surface area (Å²) < 4.78 is 5.61. The quantitative estimate of drug-likeness (QED) is 0.666. The van der Waals surface area contributed by atoms with Gasteiger partial charge in [-0.25, -0.2) is 0 Å². The molecule has 1 aromatic carbocycles. The smallest absolute Gasteiger partial charge is 0.174 e. The van der Waals surface area contributed by atoms with E-state index < -0.39 is 0 Å². The van der Waals surface area contributed by atoms with Crippen molar-refractivity contribution in [2.75, 3.05) is 12.0 Å². The lowest BCUT2D eigenvalue weighted by Gasteiger charge is -2.29. The number of aromatic amines is 1. The second-order valence-corrected chi connectivity index (χ2v) is 7.09. The van der Waals surface area contributed by atoms with Crippen LogP contribution in [0.2, 0.25) is 0 Å². The van der Waals surface area contributed by atoms with Crippen molar-refractivity contribution in [2.45, 2.75) is 25.9 Å². The summed E-state index contributed by atoms with van der Waals surface area (Å²) in [6.45, 7) is 4.17. The van der Waals surface area contributed by atoms with Gasteiger partial charge in [-0.05, 0) is 62.0 Å². The van der Waals surface area contributed by atoms with Gasteiger partial charge in [-0.1, -0.05) is 18.2 Å². The number of methoxy groups -OCH3 is 1. The van der Waals surface area contributed by atoms with Crippen LogP contribution in [0.15, 0.2) is 54.7 Å². The average molecular weight is 379 g/mol. The summed E-state index contributed by atoms with van der Waals surface area (Å²) in [5.41, 5.74) is 5.35. The van der Waals surface area contributed by atoms with E-state index in [1.165, 1.54) is 5.56 Å². The lowest BCUT2D eigenvalue weighted by atomic mass is 9.96. The number of aromatic nitrogens is 2. The molecule has 3 heterocycles. The van der Waals surface area contributed by atoms with Gasteiger partial charge >= 0.3 is 0 Å². The highest BCUT2D eigenvalue weighted by molar-refractivity contribution is 7.80. The zero-order valence-electron chi connectivity index (χ0n) is 15.6. The minimum absolute atomic E-state index is 0.0337. The van der Waals surface area contributed by atoms with E-state index in [1.807, 2.05) is 48.7 Å². The van der Waals surface area contributed by atoms with Crippen LogP contribution in [-0.4, -0.2) is 22.2 Å². The summed E-state index contributed by atoms with van der Waals surface area (Å²) in [5, 5.41) is 4.15. The lowest BCUT2D eigenvalue weighted by Crippen LogP contribution is -2.29. The molecule has 0 aliphatic carbocycles. The summed E-state index contributed by atoms with van der Waals surface area (Å²) in [7, 11) is 1.68. The number of rotatable bonds is 4. The van der Waals surface area contributed by atoms with Crippen molar-refractivity contribution >= 4 is 23.0 Å². The Balaban J connectivity index is 1.89. The second kappa shape index (κ2) is 7.04. The van der Waals surface area contributed by atoms with Crippen LogP contribution in [0.4, 0.5) is 5.69 Å². The summed E-state index contributed by atoms with van der Waals surface area (Å²) >= 11 is 5.76. The number of benzene rings is 1. The Morgan fingerprint density at radius 1 is 1.11 bits per heavy atom. The van der Waals surface area contributed by atoms with Crippen molar-refractivity contribution in [2.24, 2.45) is 0 Å². The monoisotopic (exact) mass is 378 g/mol. The van der Waals surface area contributed by atoms with Crippen LogP contribution in [0.25, 0.3) is 0 Å². The van der Waals surface area contributed by atoms with Gasteiger partial charge in [0.25, 0.3) is 0 Å². The molecule has 2 atom stereocenters. The maximum atomic E-state index is 5.76. The topological polar surface area (TPSA) is 53.2 Å². The van der Waals surface area contributed by atoms with E-state index in [0.29, 0.717) is 5.11 Å². The fourth-order valence-corrected chi connectivity index (χ4v) is 4.15. The van der Waals surface area contributed by atoms with Crippen molar-refractivity contribution < 1.29 is 4.74 Å². The summed E-state index contributed by atoms with van der Waals surface area (Å²) in [6.07, 6.45) is 1.82. The Morgan fingerprint density at radius 3 is 2.56 bits per heavy atom. The minimum Gasteiger partial charge on any atom is -0.495 e. The molecule has 0 bridgehead atoms. The zero-order chi connectivity index (χ0) is 19.0. The van der Waals surface area contributed by atoms with Gasteiger partial charge in [0.1, 0.15) is 5.75 Å². The first kappa shape index (κ1) is 17.5. The third-order valence-corrected chi connectivity index (χ3v) is 5.27. The standard InChI is InChI=1S/C21H22N4OS/c1-13-12-15(14(2)23-13)20-19(16-8-6-7-11-22-16)24-21(27)25(20)17-9-4-5-10-18(17)26-3/h4-12,19-20,23H,1-3H3,(H,24,27)/t19-,20-/m1/s1. The van der Waals surface area contributed by atoms with Crippen LogP contribution < -0.4 is 15.0 Å². The van der Waals surface area contributed by atoms with Crippen LogP contribution in [0.1, 0.15) is 34.7 Å². The Labute approximate surface area is 164 Å². The predicted molar refractivity (Wildman–Crippen MR) is 111 cm³/mol. The molecule has 1 aliphatic rings. The van der Waals surface area contributed by atoms with Crippen molar-refractivity contribution in [3.63, 3.8) is 0 Å². The van der Waals surface area contributed by atoms with Crippen LogP contribution in [0, 0.1) is 13.8 Å². The van der Waals surface area contributed by atoms with Crippen molar-refractivity contribution in [1.82, 2.24) is 15.3 Å². The van der Waals surface area contributed by atoms with Gasteiger partial charge in [-0.3, -0.25) is 4.98 Å². The molecular weight excluding hydrogens is 356 g/mol. The molecule has 1 aliphatic heterocycles. The van der Waals surface area contributed by atoms with Crippen LogP contribution in [0.5, 0.6) is 5.75 Å². The summed E-state index contributed by atoms with van der Waals surface area (Å²) in [6, 6.07) is 16.0. The molecule has 0 spiro atoms. The van der Waals surface area contributed by atoms with E-state index in [9.17, 15) is 0 Å². The summed E-state index contributed by atoms with van der Waals surface area (Å²) in [5.74, 6) is 0.790. The average Bonchev–Trinajstić information content (AvgIpc) is 3.20. The van der Waals surface area contributed by atoms with Crippen molar-refractivity contribution in [3.05, 3.63) is 77.4 Å². The Bertz CT molecular complexity index is 969. The molecule has 1 saturated heterocycles. The number of pyridine rings is 1. The maximum Gasteiger partial charge on any atom is 0.174 e. The van der Waals surface area contributed by atoms with E-state index in [-0.39, 0.29) is 12.1 Å². The Kier molecular flexibility index (Phi) is 4.58. The first-order chi connectivity index (χ1) is 13.1. The van der Waals surface area contributed by atoms with Gasteiger partial charge in [-0.2, -0.15) is 0 Å². The number of H-pyrrole nitrogens is 1. The number of nitrogens with zero attached hydrogens (tertiary/aromatic N) is 2. The first-order valence-electron chi connectivity index (χ1n) is 8.90. The van der Waals surface area contributed by atoms with Gasteiger partial charge in [0.15, 0.2) is 5.11 Å². The minimum atomic E-state index is -0.0579.